The Hall–Kier alpha value is -1.53. The van der Waals surface area contributed by atoms with Crippen molar-refractivity contribution in [3.05, 3.63) is 22.2 Å². The molecule has 2 heterocycles. The van der Waals surface area contributed by atoms with E-state index in [0.717, 1.165) is 10.8 Å². The molecule has 0 amide bonds. The number of rotatable bonds is 4. The molecule has 10 nitrogen and oxygen atoms in total. The fourth-order valence-corrected chi connectivity index (χ4v) is 2.82. The first-order valence-electron chi connectivity index (χ1n) is 6.32. The Labute approximate surface area is 126 Å². The van der Waals surface area contributed by atoms with Gasteiger partial charge in [-0.2, -0.15) is 13.4 Å². The molecule has 124 valence electrons. The van der Waals surface area contributed by atoms with Crippen LogP contribution in [0.3, 0.4) is 0 Å². The van der Waals surface area contributed by atoms with Gasteiger partial charge in [-0.15, -0.1) is 0 Å². The molecule has 0 aromatic carbocycles. The van der Waals surface area contributed by atoms with E-state index < -0.39 is 47.0 Å². The molecule has 0 radical (unpaired) electrons. The van der Waals surface area contributed by atoms with Crippen LogP contribution in [0.15, 0.2) is 11.0 Å². The molecule has 0 spiro atoms. The van der Waals surface area contributed by atoms with E-state index in [4.69, 9.17) is 14.7 Å². The van der Waals surface area contributed by atoms with E-state index in [9.17, 15) is 23.4 Å². The van der Waals surface area contributed by atoms with Crippen molar-refractivity contribution in [3.63, 3.8) is 0 Å². The standard InChI is InChI=1S/C11H17N3O7S/c1-5-3-14(11(17)13-9(5)12)10-7(16)8(6(4-15)20-10)21-22(2,18)19/h3,6-8,10,15-16H,4H2,1-2H3,(H2,12,13,17)/t6-,7-,8+,10-/m1/s1. The number of aliphatic hydroxyl groups is 2. The van der Waals surface area contributed by atoms with Gasteiger partial charge in [0.2, 0.25) is 0 Å². The van der Waals surface area contributed by atoms with Crippen LogP contribution in [0.1, 0.15) is 11.8 Å². The van der Waals surface area contributed by atoms with Crippen molar-refractivity contribution in [1.82, 2.24) is 9.55 Å². The monoisotopic (exact) mass is 335 g/mol. The van der Waals surface area contributed by atoms with E-state index in [2.05, 4.69) is 4.98 Å². The van der Waals surface area contributed by atoms with Crippen molar-refractivity contribution in [2.45, 2.75) is 31.5 Å². The molecule has 1 aliphatic rings. The molecule has 0 bridgehead atoms. The summed E-state index contributed by atoms with van der Waals surface area (Å²) in [7, 11) is -3.89. The molecule has 0 saturated carbocycles. The summed E-state index contributed by atoms with van der Waals surface area (Å²) in [5.74, 6) is 0.0383. The quantitative estimate of drug-likeness (QED) is 0.517. The van der Waals surface area contributed by atoms with Crippen LogP contribution in [0.5, 0.6) is 0 Å². The minimum absolute atomic E-state index is 0.0383. The molecule has 11 heteroatoms. The Kier molecular flexibility index (Phi) is 4.54. The Morgan fingerprint density at radius 3 is 2.73 bits per heavy atom. The maximum Gasteiger partial charge on any atom is 0.351 e. The van der Waals surface area contributed by atoms with E-state index in [1.54, 1.807) is 6.92 Å². The van der Waals surface area contributed by atoms with Crippen molar-refractivity contribution in [2.75, 3.05) is 18.6 Å². The predicted octanol–water partition coefficient (Wildman–Crippen LogP) is -2.27. The van der Waals surface area contributed by atoms with Crippen molar-refractivity contribution < 1.29 is 27.6 Å². The van der Waals surface area contributed by atoms with Gasteiger partial charge in [0.25, 0.3) is 10.1 Å². The molecule has 0 unspecified atom stereocenters. The summed E-state index contributed by atoms with van der Waals surface area (Å²) in [6.45, 7) is 1.01. The van der Waals surface area contributed by atoms with Crippen molar-refractivity contribution in [2.24, 2.45) is 0 Å². The summed E-state index contributed by atoms with van der Waals surface area (Å²) in [6, 6.07) is 0. The zero-order valence-corrected chi connectivity index (χ0v) is 12.7. The molecule has 1 aromatic rings. The fraction of sp³-hybridized carbons (Fsp3) is 0.636. The molecule has 22 heavy (non-hydrogen) atoms. The third-order valence-electron chi connectivity index (χ3n) is 3.22. The maximum atomic E-state index is 11.9. The van der Waals surface area contributed by atoms with Crippen LogP contribution >= 0.6 is 0 Å². The smallest absolute Gasteiger partial charge is 0.351 e. The third kappa shape index (κ3) is 3.28. The van der Waals surface area contributed by atoms with E-state index in [1.807, 2.05) is 0 Å². The Morgan fingerprint density at radius 1 is 1.55 bits per heavy atom. The summed E-state index contributed by atoms with van der Waals surface area (Å²) in [5.41, 5.74) is 5.22. The Balaban J connectivity index is 2.38. The van der Waals surface area contributed by atoms with Crippen LogP contribution in [0.2, 0.25) is 0 Å². The predicted molar refractivity (Wildman–Crippen MR) is 74.4 cm³/mol. The molecule has 4 N–H and O–H groups in total. The van der Waals surface area contributed by atoms with Gasteiger partial charge in [-0.3, -0.25) is 8.75 Å². The summed E-state index contributed by atoms with van der Waals surface area (Å²) in [6.07, 6.45) is -3.05. The van der Waals surface area contributed by atoms with Gasteiger partial charge in [0.1, 0.15) is 24.1 Å². The maximum absolute atomic E-state index is 11.9. The van der Waals surface area contributed by atoms with Gasteiger partial charge in [0, 0.05) is 11.8 Å². The second-order valence-corrected chi connectivity index (χ2v) is 6.60. The minimum Gasteiger partial charge on any atom is -0.394 e. The highest BCUT2D eigenvalue weighted by atomic mass is 32.2. The molecule has 4 atom stereocenters. The van der Waals surface area contributed by atoms with Gasteiger partial charge in [0.15, 0.2) is 6.23 Å². The average Bonchev–Trinajstić information content (AvgIpc) is 2.69. The number of aromatic nitrogens is 2. The number of hydrogen-bond donors (Lipinski definition) is 3. The Bertz CT molecular complexity index is 717. The van der Waals surface area contributed by atoms with Crippen LogP contribution in [0.4, 0.5) is 5.82 Å². The number of hydrogen-bond acceptors (Lipinski definition) is 9. The molecule has 2 rings (SSSR count). The van der Waals surface area contributed by atoms with Crippen LogP contribution in [0, 0.1) is 6.92 Å². The third-order valence-corrected chi connectivity index (χ3v) is 3.79. The number of nitrogens with zero attached hydrogens (tertiary/aromatic N) is 2. The molecule has 1 aromatic heterocycles. The highest BCUT2D eigenvalue weighted by Gasteiger charge is 2.47. The average molecular weight is 335 g/mol. The first kappa shape index (κ1) is 16.8. The normalized spacial score (nSPS) is 28.9. The highest BCUT2D eigenvalue weighted by molar-refractivity contribution is 7.86. The lowest BCUT2D eigenvalue weighted by Gasteiger charge is -2.19. The number of aliphatic hydroxyl groups excluding tert-OH is 2. The van der Waals surface area contributed by atoms with Gasteiger partial charge in [0.05, 0.1) is 12.9 Å². The van der Waals surface area contributed by atoms with Crippen molar-refractivity contribution in [3.8, 4) is 0 Å². The second-order valence-electron chi connectivity index (χ2n) is 5.00. The lowest BCUT2D eigenvalue weighted by atomic mass is 10.1. The van der Waals surface area contributed by atoms with Gasteiger partial charge in [-0.05, 0) is 6.92 Å². The van der Waals surface area contributed by atoms with Crippen molar-refractivity contribution in [1.29, 1.82) is 0 Å². The second kappa shape index (κ2) is 5.93. The van der Waals surface area contributed by atoms with E-state index in [-0.39, 0.29) is 5.82 Å². The van der Waals surface area contributed by atoms with Gasteiger partial charge >= 0.3 is 5.69 Å². The lowest BCUT2D eigenvalue weighted by Crippen LogP contribution is -2.39. The van der Waals surface area contributed by atoms with Crippen LogP contribution in [0.25, 0.3) is 0 Å². The van der Waals surface area contributed by atoms with Crippen LogP contribution in [-0.4, -0.2) is 59.4 Å². The summed E-state index contributed by atoms with van der Waals surface area (Å²) in [4.78, 5) is 15.4. The summed E-state index contributed by atoms with van der Waals surface area (Å²) >= 11 is 0. The molecule has 1 fully saturated rings. The minimum atomic E-state index is -3.89. The molecule has 0 aliphatic carbocycles. The largest absolute Gasteiger partial charge is 0.394 e. The highest BCUT2D eigenvalue weighted by Crippen LogP contribution is 2.31. The van der Waals surface area contributed by atoms with Gasteiger partial charge in [-0.25, -0.2) is 4.79 Å². The van der Waals surface area contributed by atoms with E-state index in [1.165, 1.54) is 6.20 Å². The van der Waals surface area contributed by atoms with E-state index in [0.29, 0.717) is 5.56 Å². The van der Waals surface area contributed by atoms with Crippen LogP contribution in [-0.2, 0) is 19.0 Å². The number of ether oxygens (including phenoxy) is 1. The number of aryl methyl sites for hydroxylation is 1. The molecular weight excluding hydrogens is 318 g/mol. The summed E-state index contributed by atoms with van der Waals surface area (Å²) in [5, 5.41) is 19.5. The molecular formula is C11H17N3O7S. The topological polar surface area (TPSA) is 154 Å². The lowest BCUT2D eigenvalue weighted by molar-refractivity contribution is -0.0543. The van der Waals surface area contributed by atoms with Gasteiger partial charge in [-0.1, -0.05) is 0 Å². The fourth-order valence-electron chi connectivity index (χ4n) is 2.18. The molecule has 1 saturated heterocycles. The first-order chi connectivity index (χ1) is 10.1. The van der Waals surface area contributed by atoms with E-state index >= 15 is 0 Å². The SMILES string of the molecule is Cc1cn([C@@H]2O[C@H](CO)[C@H](OS(C)(=O)=O)[C@H]2O)c(=O)nc1N. The number of nitrogens with two attached hydrogens (primary N) is 1. The van der Waals surface area contributed by atoms with Crippen LogP contribution < -0.4 is 11.4 Å². The molecule has 1 aliphatic heterocycles. The Morgan fingerprint density at radius 2 is 2.18 bits per heavy atom. The summed E-state index contributed by atoms with van der Waals surface area (Å²) < 4.78 is 33.5. The van der Waals surface area contributed by atoms with Gasteiger partial charge < -0.3 is 20.7 Å². The van der Waals surface area contributed by atoms with Crippen molar-refractivity contribution >= 4 is 15.9 Å². The number of anilines is 1. The zero-order chi connectivity index (χ0) is 16.7. The number of nitrogen functional groups attached to an aromatic ring is 1. The first-order valence-corrected chi connectivity index (χ1v) is 8.13. The zero-order valence-electron chi connectivity index (χ0n) is 11.9.